The van der Waals surface area contributed by atoms with Crippen LogP contribution in [0.3, 0.4) is 0 Å². The maximum atomic E-state index is 5.31. The topological polar surface area (TPSA) is 51.2 Å². The third-order valence-corrected chi connectivity index (χ3v) is 1.59. The number of nitrogens with one attached hydrogen (secondary N) is 1. The summed E-state index contributed by atoms with van der Waals surface area (Å²) in [5, 5.41) is 3.26. The minimum atomic E-state index is 0.216. The first-order valence-electron chi connectivity index (χ1n) is 3.77. The molecular formula is C8H12N2OS. The summed E-state index contributed by atoms with van der Waals surface area (Å²) >= 11 is 4.70. The minimum Gasteiger partial charge on any atom is -0.469 e. The second kappa shape index (κ2) is 4.11. The summed E-state index contributed by atoms with van der Waals surface area (Å²) in [6.45, 7) is 2.00. The van der Waals surface area contributed by atoms with Crippen LogP contribution >= 0.6 is 12.2 Å². The third kappa shape index (κ3) is 2.92. The SMILES string of the molecule is CC(Cc1ccco1)NC(N)=S. The first-order chi connectivity index (χ1) is 5.68. The van der Waals surface area contributed by atoms with Gasteiger partial charge in [0, 0.05) is 12.5 Å². The highest BCUT2D eigenvalue weighted by molar-refractivity contribution is 7.80. The van der Waals surface area contributed by atoms with E-state index in [0.717, 1.165) is 12.2 Å². The Hall–Kier alpha value is -1.03. The fourth-order valence-electron chi connectivity index (χ4n) is 1.02. The van der Waals surface area contributed by atoms with Crippen molar-refractivity contribution >= 4 is 17.3 Å². The molecule has 0 fully saturated rings. The zero-order chi connectivity index (χ0) is 8.97. The highest BCUT2D eigenvalue weighted by Crippen LogP contribution is 2.03. The number of thiocarbonyl (C=S) groups is 1. The van der Waals surface area contributed by atoms with Crippen molar-refractivity contribution in [2.45, 2.75) is 19.4 Å². The van der Waals surface area contributed by atoms with Crippen molar-refractivity contribution in [3.05, 3.63) is 24.2 Å². The molecule has 0 saturated heterocycles. The Morgan fingerprint density at radius 3 is 3.08 bits per heavy atom. The van der Waals surface area contributed by atoms with Crippen LogP contribution in [0.25, 0.3) is 0 Å². The molecule has 1 atom stereocenters. The highest BCUT2D eigenvalue weighted by Gasteiger charge is 2.04. The van der Waals surface area contributed by atoms with E-state index in [-0.39, 0.29) is 6.04 Å². The predicted molar refractivity (Wildman–Crippen MR) is 51.8 cm³/mol. The van der Waals surface area contributed by atoms with Gasteiger partial charge in [0.05, 0.1) is 6.26 Å². The zero-order valence-electron chi connectivity index (χ0n) is 6.91. The normalized spacial score (nSPS) is 12.4. The lowest BCUT2D eigenvalue weighted by atomic mass is 10.2. The van der Waals surface area contributed by atoms with Crippen LogP contribution in [0.15, 0.2) is 22.8 Å². The molecule has 66 valence electrons. The lowest BCUT2D eigenvalue weighted by molar-refractivity contribution is 0.482. The van der Waals surface area contributed by atoms with E-state index >= 15 is 0 Å². The fraction of sp³-hybridized carbons (Fsp3) is 0.375. The number of furan rings is 1. The van der Waals surface area contributed by atoms with Crippen molar-refractivity contribution in [2.24, 2.45) is 5.73 Å². The summed E-state index contributed by atoms with van der Waals surface area (Å²) in [6, 6.07) is 4.01. The fourth-order valence-corrected chi connectivity index (χ4v) is 1.23. The summed E-state index contributed by atoms with van der Waals surface area (Å²) in [6.07, 6.45) is 2.45. The molecule has 0 aromatic carbocycles. The Morgan fingerprint density at radius 1 is 1.83 bits per heavy atom. The molecule has 12 heavy (non-hydrogen) atoms. The van der Waals surface area contributed by atoms with E-state index in [1.165, 1.54) is 0 Å². The molecule has 1 rings (SSSR count). The van der Waals surface area contributed by atoms with E-state index in [1.807, 2.05) is 19.1 Å². The zero-order valence-corrected chi connectivity index (χ0v) is 7.73. The molecule has 0 aliphatic rings. The number of nitrogens with two attached hydrogens (primary N) is 1. The van der Waals surface area contributed by atoms with Crippen LogP contribution in [0.4, 0.5) is 0 Å². The lowest BCUT2D eigenvalue weighted by Gasteiger charge is -2.11. The number of hydrogen-bond acceptors (Lipinski definition) is 2. The minimum absolute atomic E-state index is 0.216. The molecule has 3 N–H and O–H groups in total. The number of rotatable bonds is 3. The average Bonchev–Trinajstić information content (AvgIpc) is 2.37. The number of hydrogen-bond donors (Lipinski definition) is 2. The molecule has 1 aromatic heterocycles. The van der Waals surface area contributed by atoms with Gasteiger partial charge in [0.25, 0.3) is 0 Å². The second-order valence-electron chi connectivity index (χ2n) is 2.69. The van der Waals surface area contributed by atoms with Crippen LogP contribution in [-0.2, 0) is 6.42 Å². The summed E-state index contributed by atoms with van der Waals surface area (Å²) in [4.78, 5) is 0. The molecule has 0 saturated carbocycles. The van der Waals surface area contributed by atoms with Crippen molar-refractivity contribution in [2.75, 3.05) is 0 Å². The van der Waals surface area contributed by atoms with Gasteiger partial charge >= 0.3 is 0 Å². The molecule has 0 aliphatic carbocycles. The van der Waals surface area contributed by atoms with E-state index in [0.29, 0.717) is 5.11 Å². The Balaban J connectivity index is 2.36. The van der Waals surface area contributed by atoms with Crippen LogP contribution in [0.5, 0.6) is 0 Å². The molecule has 0 aliphatic heterocycles. The summed E-state index contributed by atoms with van der Waals surface area (Å²) in [7, 11) is 0. The highest BCUT2D eigenvalue weighted by atomic mass is 32.1. The molecule has 0 amide bonds. The van der Waals surface area contributed by atoms with Crippen LogP contribution < -0.4 is 11.1 Å². The van der Waals surface area contributed by atoms with E-state index < -0.39 is 0 Å². The van der Waals surface area contributed by atoms with Gasteiger partial charge < -0.3 is 15.5 Å². The van der Waals surface area contributed by atoms with Gasteiger partial charge in [-0.1, -0.05) is 0 Å². The molecule has 3 nitrogen and oxygen atoms in total. The standard InChI is InChI=1S/C8H12N2OS/c1-6(10-8(9)12)5-7-3-2-4-11-7/h2-4,6H,5H2,1H3,(H3,9,10,12). The van der Waals surface area contributed by atoms with Crippen molar-refractivity contribution in [1.29, 1.82) is 0 Å². The van der Waals surface area contributed by atoms with Gasteiger partial charge in [0.2, 0.25) is 0 Å². The smallest absolute Gasteiger partial charge is 0.163 e. The quantitative estimate of drug-likeness (QED) is 0.689. The Morgan fingerprint density at radius 2 is 2.58 bits per heavy atom. The van der Waals surface area contributed by atoms with Crippen molar-refractivity contribution in [3.8, 4) is 0 Å². The molecule has 0 radical (unpaired) electrons. The van der Waals surface area contributed by atoms with Crippen molar-refractivity contribution in [1.82, 2.24) is 5.32 Å². The molecule has 1 aromatic rings. The van der Waals surface area contributed by atoms with Gasteiger partial charge in [0.15, 0.2) is 5.11 Å². The molecule has 1 unspecified atom stereocenters. The van der Waals surface area contributed by atoms with Crippen LogP contribution in [0, 0.1) is 0 Å². The molecule has 4 heteroatoms. The Labute approximate surface area is 76.9 Å². The van der Waals surface area contributed by atoms with E-state index in [4.69, 9.17) is 22.4 Å². The summed E-state index contributed by atoms with van der Waals surface area (Å²) in [5.41, 5.74) is 5.31. The van der Waals surface area contributed by atoms with Gasteiger partial charge in [-0.05, 0) is 31.3 Å². The summed E-state index contributed by atoms with van der Waals surface area (Å²) in [5.74, 6) is 0.936. The first kappa shape index (κ1) is 9.06. The predicted octanol–water partition coefficient (Wildman–Crippen LogP) is 1.04. The lowest BCUT2D eigenvalue weighted by Crippen LogP contribution is -2.37. The van der Waals surface area contributed by atoms with Crippen LogP contribution in [-0.4, -0.2) is 11.2 Å². The third-order valence-electron chi connectivity index (χ3n) is 1.48. The monoisotopic (exact) mass is 184 g/mol. The maximum Gasteiger partial charge on any atom is 0.163 e. The van der Waals surface area contributed by atoms with Gasteiger partial charge in [-0.15, -0.1) is 0 Å². The largest absolute Gasteiger partial charge is 0.469 e. The van der Waals surface area contributed by atoms with E-state index in [1.54, 1.807) is 6.26 Å². The molecule has 0 bridgehead atoms. The Kier molecular flexibility index (Phi) is 3.10. The molecule has 1 heterocycles. The van der Waals surface area contributed by atoms with Gasteiger partial charge in [0.1, 0.15) is 5.76 Å². The molecule has 0 spiro atoms. The van der Waals surface area contributed by atoms with Gasteiger partial charge in [-0.3, -0.25) is 0 Å². The van der Waals surface area contributed by atoms with Crippen molar-refractivity contribution < 1.29 is 4.42 Å². The maximum absolute atomic E-state index is 5.31. The average molecular weight is 184 g/mol. The Bertz CT molecular complexity index is 246. The van der Waals surface area contributed by atoms with Gasteiger partial charge in [-0.2, -0.15) is 0 Å². The molecular weight excluding hydrogens is 172 g/mol. The van der Waals surface area contributed by atoms with Crippen LogP contribution in [0.2, 0.25) is 0 Å². The van der Waals surface area contributed by atoms with Gasteiger partial charge in [-0.25, -0.2) is 0 Å². The van der Waals surface area contributed by atoms with Crippen LogP contribution in [0.1, 0.15) is 12.7 Å². The summed E-state index contributed by atoms with van der Waals surface area (Å²) < 4.78 is 5.16. The second-order valence-corrected chi connectivity index (χ2v) is 3.13. The van der Waals surface area contributed by atoms with E-state index in [9.17, 15) is 0 Å². The first-order valence-corrected chi connectivity index (χ1v) is 4.17. The van der Waals surface area contributed by atoms with Crippen molar-refractivity contribution in [3.63, 3.8) is 0 Å². The van der Waals surface area contributed by atoms with E-state index in [2.05, 4.69) is 5.32 Å².